The molecule has 2 aromatic heterocycles. The Balaban J connectivity index is 2.33. The SMILES string of the molecule is C=Cc1nc(NC)nc2c1ccn2S(=O)(=O)c1ccccc1C. The minimum absolute atomic E-state index is 0.252. The van der Waals surface area contributed by atoms with Crippen LogP contribution in [0, 0.1) is 6.92 Å². The second-order valence-corrected chi connectivity index (χ2v) is 6.79. The molecule has 1 N–H and O–H groups in total. The van der Waals surface area contributed by atoms with Gasteiger partial charge >= 0.3 is 0 Å². The van der Waals surface area contributed by atoms with Crippen molar-refractivity contribution in [3.63, 3.8) is 0 Å². The van der Waals surface area contributed by atoms with Gasteiger partial charge in [-0.2, -0.15) is 4.98 Å². The van der Waals surface area contributed by atoms with Gasteiger partial charge < -0.3 is 5.32 Å². The van der Waals surface area contributed by atoms with E-state index in [9.17, 15) is 8.42 Å². The van der Waals surface area contributed by atoms with Gasteiger partial charge in [-0.25, -0.2) is 17.4 Å². The summed E-state index contributed by atoms with van der Waals surface area (Å²) in [5.74, 6) is 0.340. The van der Waals surface area contributed by atoms with Crippen LogP contribution in [0.1, 0.15) is 11.3 Å². The van der Waals surface area contributed by atoms with Gasteiger partial charge in [0, 0.05) is 18.6 Å². The monoisotopic (exact) mass is 328 g/mol. The molecule has 1 aromatic carbocycles. The maximum Gasteiger partial charge on any atom is 0.269 e. The second-order valence-electron chi connectivity index (χ2n) is 5.01. The first-order valence-corrected chi connectivity index (χ1v) is 8.43. The number of hydrogen-bond donors (Lipinski definition) is 1. The summed E-state index contributed by atoms with van der Waals surface area (Å²) >= 11 is 0. The molecule has 0 fully saturated rings. The topological polar surface area (TPSA) is 76.9 Å². The predicted octanol–water partition coefficient (Wildman–Crippen LogP) is 2.66. The van der Waals surface area contributed by atoms with Gasteiger partial charge in [0.15, 0.2) is 5.65 Å². The highest BCUT2D eigenvalue weighted by molar-refractivity contribution is 7.90. The second kappa shape index (κ2) is 5.51. The third-order valence-electron chi connectivity index (χ3n) is 3.59. The molecular weight excluding hydrogens is 312 g/mol. The van der Waals surface area contributed by atoms with Crippen LogP contribution in [0.2, 0.25) is 0 Å². The van der Waals surface area contributed by atoms with Crippen molar-refractivity contribution in [2.75, 3.05) is 12.4 Å². The van der Waals surface area contributed by atoms with E-state index in [1.807, 2.05) is 0 Å². The number of aryl methyl sites for hydroxylation is 1. The van der Waals surface area contributed by atoms with E-state index in [1.165, 1.54) is 10.2 Å². The molecule has 0 atom stereocenters. The minimum atomic E-state index is -3.74. The summed E-state index contributed by atoms with van der Waals surface area (Å²) in [7, 11) is -2.06. The Morgan fingerprint density at radius 1 is 1.22 bits per heavy atom. The Morgan fingerprint density at radius 2 is 1.96 bits per heavy atom. The van der Waals surface area contributed by atoms with E-state index in [-0.39, 0.29) is 4.90 Å². The van der Waals surface area contributed by atoms with E-state index in [0.29, 0.717) is 28.2 Å². The fraction of sp³-hybridized carbons (Fsp3) is 0.125. The number of benzene rings is 1. The first-order chi connectivity index (χ1) is 11.0. The Hall–Kier alpha value is -2.67. The summed E-state index contributed by atoms with van der Waals surface area (Å²) in [6.07, 6.45) is 3.07. The van der Waals surface area contributed by atoms with Crippen LogP contribution >= 0.6 is 0 Å². The zero-order valence-corrected chi connectivity index (χ0v) is 13.6. The molecule has 0 radical (unpaired) electrons. The van der Waals surface area contributed by atoms with Crippen molar-refractivity contribution in [1.29, 1.82) is 0 Å². The summed E-state index contributed by atoms with van der Waals surface area (Å²) in [4.78, 5) is 8.82. The van der Waals surface area contributed by atoms with Crippen molar-refractivity contribution in [1.82, 2.24) is 13.9 Å². The zero-order valence-electron chi connectivity index (χ0n) is 12.8. The van der Waals surface area contributed by atoms with Crippen molar-refractivity contribution in [2.45, 2.75) is 11.8 Å². The quantitative estimate of drug-likeness (QED) is 0.797. The zero-order chi connectivity index (χ0) is 16.6. The summed E-state index contributed by atoms with van der Waals surface area (Å²) in [5, 5.41) is 3.47. The van der Waals surface area contributed by atoms with Gasteiger partial charge in [-0.15, -0.1) is 0 Å². The molecule has 0 aliphatic rings. The van der Waals surface area contributed by atoms with Crippen molar-refractivity contribution in [3.05, 3.63) is 54.4 Å². The van der Waals surface area contributed by atoms with Crippen molar-refractivity contribution in [2.24, 2.45) is 0 Å². The van der Waals surface area contributed by atoms with E-state index in [2.05, 4.69) is 21.9 Å². The largest absolute Gasteiger partial charge is 0.357 e. The van der Waals surface area contributed by atoms with Crippen LogP contribution in [0.3, 0.4) is 0 Å². The number of hydrogen-bond acceptors (Lipinski definition) is 5. The van der Waals surface area contributed by atoms with Gasteiger partial charge in [0.05, 0.1) is 10.6 Å². The molecule has 3 aromatic rings. The van der Waals surface area contributed by atoms with Crippen LogP contribution in [0.5, 0.6) is 0 Å². The van der Waals surface area contributed by atoms with Crippen molar-refractivity contribution in [3.8, 4) is 0 Å². The Morgan fingerprint density at radius 3 is 2.61 bits per heavy atom. The summed E-state index contributed by atoms with van der Waals surface area (Å²) in [6.45, 7) is 5.49. The molecule has 0 amide bonds. The molecule has 0 spiro atoms. The predicted molar refractivity (Wildman–Crippen MR) is 90.9 cm³/mol. The van der Waals surface area contributed by atoms with Gasteiger partial charge in [-0.3, -0.25) is 0 Å². The Labute approximate surface area is 134 Å². The summed E-state index contributed by atoms with van der Waals surface area (Å²) < 4.78 is 27.2. The molecule has 118 valence electrons. The standard InChI is InChI=1S/C16H16N4O2S/c1-4-13-12-9-10-20(15(12)19-16(17-3)18-13)23(21,22)14-8-6-5-7-11(14)2/h4-10H,1H2,2-3H3,(H,17,18,19). The number of nitrogens with one attached hydrogen (secondary N) is 1. The summed E-state index contributed by atoms with van der Waals surface area (Å²) in [6, 6.07) is 8.54. The van der Waals surface area contributed by atoms with Gasteiger partial charge in [0.2, 0.25) is 5.95 Å². The van der Waals surface area contributed by atoms with E-state index in [0.717, 1.165) is 0 Å². The smallest absolute Gasteiger partial charge is 0.269 e. The van der Waals surface area contributed by atoms with Crippen LogP contribution in [0.25, 0.3) is 17.1 Å². The lowest BCUT2D eigenvalue weighted by Gasteiger charge is -2.10. The van der Waals surface area contributed by atoms with E-state index >= 15 is 0 Å². The molecule has 0 bridgehead atoms. The van der Waals surface area contributed by atoms with E-state index in [1.54, 1.807) is 50.4 Å². The Kier molecular flexibility index (Phi) is 3.65. The van der Waals surface area contributed by atoms with E-state index in [4.69, 9.17) is 0 Å². The number of rotatable bonds is 4. The fourth-order valence-corrected chi connectivity index (χ4v) is 3.95. The highest BCUT2D eigenvalue weighted by Crippen LogP contribution is 2.25. The molecule has 0 aliphatic carbocycles. The van der Waals surface area contributed by atoms with Gasteiger partial charge in [-0.05, 0) is 30.7 Å². The maximum absolute atomic E-state index is 13.0. The summed E-state index contributed by atoms with van der Waals surface area (Å²) in [5.41, 5.74) is 1.58. The maximum atomic E-state index is 13.0. The molecule has 6 nitrogen and oxygen atoms in total. The third-order valence-corrected chi connectivity index (χ3v) is 5.41. The van der Waals surface area contributed by atoms with Crippen LogP contribution in [0.4, 0.5) is 5.95 Å². The van der Waals surface area contributed by atoms with Gasteiger partial charge in [0.25, 0.3) is 10.0 Å². The van der Waals surface area contributed by atoms with Crippen LogP contribution in [0.15, 0.2) is 48.0 Å². The normalized spacial score (nSPS) is 11.6. The third kappa shape index (κ3) is 2.39. The first-order valence-electron chi connectivity index (χ1n) is 6.99. The molecule has 0 unspecified atom stereocenters. The van der Waals surface area contributed by atoms with Crippen molar-refractivity contribution >= 4 is 33.1 Å². The van der Waals surface area contributed by atoms with Crippen molar-refractivity contribution < 1.29 is 8.42 Å². The molecule has 2 heterocycles. The average molecular weight is 328 g/mol. The van der Waals surface area contributed by atoms with E-state index < -0.39 is 10.0 Å². The van der Waals surface area contributed by atoms with Crippen LogP contribution < -0.4 is 5.32 Å². The van der Waals surface area contributed by atoms with Crippen LogP contribution in [-0.2, 0) is 10.0 Å². The fourth-order valence-electron chi connectivity index (χ4n) is 2.43. The van der Waals surface area contributed by atoms with Gasteiger partial charge in [0.1, 0.15) is 0 Å². The number of anilines is 1. The first kappa shape index (κ1) is 15.2. The molecule has 0 saturated carbocycles. The van der Waals surface area contributed by atoms with Gasteiger partial charge in [-0.1, -0.05) is 24.8 Å². The average Bonchev–Trinajstić information content (AvgIpc) is 2.98. The molecule has 23 heavy (non-hydrogen) atoms. The lowest BCUT2D eigenvalue weighted by Crippen LogP contribution is -2.14. The molecule has 3 rings (SSSR count). The van der Waals surface area contributed by atoms with Crippen LogP contribution in [-0.4, -0.2) is 29.4 Å². The molecule has 0 saturated heterocycles. The lowest BCUT2D eigenvalue weighted by molar-refractivity contribution is 0.588. The minimum Gasteiger partial charge on any atom is -0.357 e. The molecule has 7 heteroatoms. The number of fused-ring (bicyclic) bond motifs is 1. The number of nitrogens with zero attached hydrogens (tertiary/aromatic N) is 3. The number of aromatic nitrogens is 3. The Bertz CT molecular complexity index is 1010. The highest BCUT2D eigenvalue weighted by Gasteiger charge is 2.22. The molecule has 0 aliphatic heterocycles. The highest BCUT2D eigenvalue weighted by atomic mass is 32.2. The lowest BCUT2D eigenvalue weighted by atomic mass is 10.2. The molecular formula is C16H16N4O2S.